The summed E-state index contributed by atoms with van der Waals surface area (Å²) >= 11 is 0. The molecular weight excluding hydrogens is 244 g/mol. The Balaban J connectivity index is 0.000000312. The molecule has 19 heavy (non-hydrogen) atoms. The van der Waals surface area contributed by atoms with Crippen LogP contribution in [0.25, 0.3) is 0 Å². The molecule has 0 saturated carbocycles. The minimum atomic E-state index is 0.431. The van der Waals surface area contributed by atoms with Gasteiger partial charge >= 0.3 is 0 Å². The fourth-order valence-electron chi connectivity index (χ4n) is 2.57. The Hall–Kier alpha value is -0.940. The zero-order valence-electron chi connectivity index (χ0n) is 12.1. The summed E-state index contributed by atoms with van der Waals surface area (Å²) in [5.41, 5.74) is 0. The van der Waals surface area contributed by atoms with Crippen LogP contribution in [-0.2, 0) is 14.3 Å². The van der Waals surface area contributed by atoms with Crippen molar-refractivity contribution in [3.8, 4) is 0 Å². The molecule has 0 aromatic carbocycles. The van der Waals surface area contributed by atoms with Gasteiger partial charge in [0, 0.05) is 32.0 Å². The predicted molar refractivity (Wildman–Crippen MR) is 74.0 cm³/mol. The van der Waals surface area contributed by atoms with E-state index in [4.69, 9.17) is 0 Å². The minimum Gasteiger partial charge on any atom is -0.468 e. The standard InChI is InChI=1S/C11H20N2O.C3H6O2/c1-12-6-2-10(3-7-12)13-8-4-11(14)5-9-13;1-2-5-3-4/h10H,2-9H2,1H3;3H,2H2,1H3. The summed E-state index contributed by atoms with van der Waals surface area (Å²) in [4.78, 5) is 25.2. The highest BCUT2D eigenvalue weighted by atomic mass is 16.5. The van der Waals surface area contributed by atoms with Crippen molar-refractivity contribution in [2.24, 2.45) is 0 Å². The number of carbonyl (C=O) groups excluding carboxylic acids is 2. The third-order valence-corrected chi connectivity index (χ3v) is 3.79. The van der Waals surface area contributed by atoms with Crippen molar-refractivity contribution in [2.75, 3.05) is 39.8 Å². The van der Waals surface area contributed by atoms with E-state index >= 15 is 0 Å². The molecule has 5 nitrogen and oxygen atoms in total. The van der Waals surface area contributed by atoms with Gasteiger partial charge in [0.1, 0.15) is 5.78 Å². The normalized spacial score (nSPS) is 22.5. The lowest BCUT2D eigenvalue weighted by Crippen LogP contribution is -2.47. The fourth-order valence-corrected chi connectivity index (χ4v) is 2.57. The molecule has 5 heteroatoms. The van der Waals surface area contributed by atoms with E-state index in [9.17, 15) is 9.59 Å². The summed E-state index contributed by atoms with van der Waals surface area (Å²) in [5, 5.41) is 0. The molecule has 0 aromatic rings. The Morgan fingerprint density at radius 2 is 1.79 bits per heavy atom. The van der Waals surface area contributed by atoms with Crippen LogP contribution in [0.1, 0.15) is 32.6 Å². The van der Waals surface area contributed by atoms with Gasteiger partial charge in [0.25, 0.3) is 6.47 Å². The summed E-state index contributed by atoms with van der Waals surface area (Å²) in [6, 6.07) is 0.749. The quantitative estimate of drug-likeness (QED) is 0.714. The Kier molecular flexibility index (Phi) is 7.67. The molecule has 2 heterocycles. The van der Waals surface area contributed by atoms with Gasteiger partial charge in [0.2, 0.25) is 0 Å². The number of ketones is 1. The van der Waals surface area contributed by atoms with Crippen molar-refractivity contribution in [1.29, 1.82) is 0 Å². The molecule has 0 amide bonds. The van der Waals surface area contributed by atoms with Crippen LogP contribution < -0.4 is 0 Å². The van der Waals surface area contributed by atoms with E-state index in [1.165, 1.54) is 25.9 Å². The van der Waals surface area contributed by atoms with Crippen LogP contribution in [0, 0.1) is 0 Å². The minimum absolute atomic E-state index is 0.431. The first-order valence-corrected chi connectivity index (χ1v) is 7.17. The highest BCUT2D eigenvalue weighted by molar-refractivity contribution is 5.79. The average molecular weight is 270 g/mol. The summed E-state index contributed by atoms with van der Waals surface area (Å²) in [6.45, 7) is 7.11. The van der Waals surface area contributed by atoms with Crippen molar-refractivity contribution >= 4 is 12.3 Å². The first-order valence-electron chi connectivity index (χ1n) is 7.17. The molecule has 0 bridgehead atoms. The predicted octanol–water partition coefficient (Wildman–Crippen LogP) is 0.925. The van der Waals surface area contributed by atoms with Crippen LogP contribution in [0.2, 0.25) is 0 Å². The maximum atomic E-state index is 11.1. The number of nitrogens with zero attached hydrogens (tertiary/aromatic N) is 2. The number of piperidine rings is 2. The first-order chi connectivity index (χ1) is 9.17. The molecule has 2 aliphatic rings. The SMILES string of the molecule is CCOC=O.CN1CCC(N2CCC(=O)CC2)CC1. The van der Waals surface area contributed by atoms with Gasteiger partial charge in [-0.05, 0) is 39.9 Å². The van der Waals surface area contributed by atoms with Crippen molar-refractivity contribution in [1.82, 2.24) is 9.80 Å². The van der Waals surface area contributed by atoms with E-state index in [2.05, 4.69) is 21.6 Å². The number of ether oxygens (including phenoxy) is 1. The molecule has 2 rings (SSSR count). The zero-order valence-corrected chi connectivity index (χ0v) is 12.1. The molecule has 0 unspecified atom stereocenters. The van der Waals surface area contributed by atoms with E-state index in [1.54, 1.807) is 6.92 Å². The molecule has 2 aliphatic heterocycles. The number of hydrogen-bond acceptors (Lipinski definition) is 5. The first kappa shape index (κ1) is 16.1. The van der Waals surface area contributed by atoms with Crippen molar-refractivity contribution in [3.63, 3.8) is 0 Å². The maximum absolute atomic E-state index is 11.1. The number of rotatable bonds is 3. The van der Waals surface area contributed by atoms with Gasteiger partial charge in [-0.1, -0.05) is 0 Å². The number of hydrogen-bond donors (Lipinski definition) is 0. The molecule has 0 aromatic heterocycles. The van der Waals surface area contributed by atoms with Gasteiger partial charge in [-0.2, -0.15) is 0 Å². The lowest BCUT2D eigenvalue weighted by atomic mass is 10.00. The van der Waals surface area contributed by atoms with Crippen LogP contribution in [0.3, 0.4) is 0 Å². The Morgan fingerprint density at radius 3 is 2.21 bits per heavy atom. The lowest BCUT2D eigenvalue weighted by molar-refractivity contribution is -0.128. The van der Waals surface area contributed by atoms with Gasteiger partial charge in [0.15, 0.2) is 0 Å². The van der Waals surface area contributed by atoms with Crippen LogP contribution in [-0.4, -0.2) is 67.9 Å². The second-order valence-electron chi connectivity index (χ2n) is 5.16. The highest BCUT2D eigenvalue weighted by Gasteiger charge is 2.25. The Labute approximate surface area is 115 Å². The molecule has 0 spiro atoms. The van der Waals surface area contributed by atoms with E-state index < -0.39 is 0 Å². The largest absolute Gasteiger partial charge is 0.468 e. The number of Topliss-reactive ketones (excluding diaryl/α,β-unsaturated/α-hetero) is 1. The van der Waals surface area contributed by atoms with Gasteiger partial charge in [-0.15, -0.1) is 0 Å². The van der Waals surface area contributed by atoms with Crippen LogP contribution >= 0.6 is 0 Å². The molecule has 110 valence electrons. The number of likely N-dealkylation sites (tertiary alicyclic amines) is 2. The van der Waals surface area contributed by atoms with E-state index in [0.29, 0.717) is 18.9 Å². The second-order valence-corrected chi connectivity index (χ2v) is 5.16. The van der Waals surface area contributed by atoms with Crippen molar-refractivity contribution in [2.45, 2.75) is 38.6 Å². The highest BCUT2D eigenvalue weighted by Crippen LogP contribution is 2.18. The molecule has 0 radical (unpaired) electrons. The van der Waals surface area contributed by atoms with E-state index in [-0.39, 0.29) is 0 Å². The average Bonchev–Trinajstić information content (AvgIpc) is 2.42. The molecule has 0 atom stereocenters. The summed E-state index contributed by atoms with van der Waals surface area (Å²) < 4.78 is 4.15. The Bertz CT molecular complexity index is 266. The third kappa shape index (κ3) is 6.16. The van der Waals surface area contributed by atoms with Gasteiger partial charge in [-0.3, -0.25) is 14.5 Å². The topological polar surface area (TPSA) is 49.9 Å². The van der Waals surface area contributed by atoms with E-state index in [0.717, 1.165) is 32.0 Å². The summed E-state index contributed by atoms with van der Waals surface area (Å²) in [7, 11) is 2.19. The van der Waals surface area contributed by atoms with Gasteiger partial charge < -0.3 is 9.64 Å². The van der Waals surface area contributed by atoms with E-state index in [1.807, 2.05) is 0 Å². The van der Waals surface area contributed by atoms with Crippen LogP contribution in [0.15, 0.2) is 0 Å². The zero-order chi connectivity index (χ0) is 14.1. The molecule has 2 saturated heterocycles. The molecule has 0 aliphatic carbocycles. The second kappa shape index (κ2) is 9.04. The summed E-state index contributed by atoms with van der Waals surface area (Å²) in [6.07, 6.45) is 4.13. The fraction of sp³-hybridized carbons (Fsp3) is 0.857. The number of carbonyl (C=O) groups is 2. The van der Waals surface area contributed by atoms with Gasteiger partial charge in [0.05, 0.1) is 6.61 Å². The van der Waals surface area contributed by atoms with Crippen LogP contribution in [0.5, 0.6) is 0 Å². The molecule has 0 N–H and O–H groups in total. The van der Waals surface area contributed by atoms with Crippen molar-refractivity contribution < 1.29 is 14.3 Å². The third-order valence-electron chi connectivity index (χ3n) is 3.79. The smallest absolute Gasteiger partial charge is 0.293 e. The maximum Gasteiger partial charge on any atom is 0.293 e. The van der Waals surface area contributed by atoms with Gasteiger partial charge in [-0.25, -0.2) is 0 Å². The molecule has 2 fully saturated rings. The monoisotopic (exact) mass is 270 g/mol. The Morgan fingerprint density at radius 1 is 1.21 bits per heavy atom. The lowest BCUT2D eigenvalue weighted by Gasteiger charge is -2.38. The molecular formula is C14H26N2O3. The van der Waals surface area contributed by atoms with Crippen molar-refractivity contribution in [3.05, 3.63) is 0 Å². The summed E-state index contributed by atoms with van der Waals surface area (Å²) in [5.74, 6) is 0.453. The van der Waals surface area contributed by atoms with Crippen LogP contribution in [0.4, 0.5) is 0 Å².